The summed E-state index contributed by atoms with van der Waals surface area (Å²) < 4.78 is 0. The van der Waals surface area contributed by atoms with Crippen LogP contribution in [0.4, 0.5) is 5.69 Å². The van der Waals surface area contributed by atoms with Crippen molar-refractivity contribution in [3.8, 4) is 0 Å². The summed E-state index contributed by atoms with van der Waals surface area (Å²) in [5.74, 6) is 0.0618. The van der Waals surface area contributed by atoms with E-state index in [9.17, 15) is 4.79 Å². The average Bonchev–Trinajstić information content (AvgIpc) is 2.39. The molecule has 2 heteroatoms. The number of hydrogen-bond acceptors (Lipinski definition) is 2. The fraction of sp³-hybridized carbons (Fsp3) is 0.188. The first kappa shape index (κ1) is 12.4. The molecule has 18 heavy (non-hydrogen) atoms. The van der Waals surface area contributed by atoms with Gasteiger partial charge in [0.2, 0.25) is 0 Å². The van der Waals surface area contributed by atoms with Crippen molar-refractivity contribution in [3.63, 3.8) is 0 Å². The molecular formula is C16H17NO. The molecule has 0 saturated carbocycles. The van der Waals surface area contributed by atoms with Crippen molar-refractivity contribution in [3.05, 3.63) is 65.7 Å². The Labute approximate surface area is 108 Å². The van der Waals surface area contributed by atoms with Gasteiger partial charge in [0.15, 0.2) is 5.78 Å². The van der Waals surface area contributed by atoms with Crippen LogP contribution in [0.25, 0.3) is 0 Å². The van der Waals surface area contributed by atoms with E-state index in [0.717, 1.165) is 16.8 Å². The predicted octanol–water partition coefficient (Wildman–Crippen LogP) is 3.74. The van der Waals surface area contributed by atoms with E-state index in [1.54, 1.807) is 0 Å². The van der Waals surface area contributed by atoms with Crippen LogP contribution in [0.2, 0.25) is 0 Å². The lowest BCUT2D eigenvalue weighted by molar-refractivity contribution is 0.103. The fourth-order valence-electron chi connectivity index (χ4n) is 1.81. The molecule has 0 aliphatic heterocycles. The smallest absolute Gasteiger partial charge is 0.193 e. The van der Waals surface area contributed by atoms with Gasteiger partial charge < -0.3 is 5.32 Å². The zero-order valence-corrected chi connectivity index (χ0v) is 10.7. The van der Waals surface area contributed by atoms with Gasteiger partial charge in [-0.25, -0.2) is 0 Å². The summed E-state index contributed by atoms with van der Waals surface area (Å²) >= 11 is 0. The van der Waals surface area contributed by atoms with Crippen molar-refractivity contribution in [2.75, 3.05) is 5.32 Å². The van der Waals surface area contributed by atoms with E-state index in [4.69, 9.17) is 0 Å². The third kappa shape index (κ3) is 2.98. The molecule has 0 unspecified atom stereocenters. The zero-order chi connectivity index (χ0) is 13.0. The van der Waals surface area contributed by atoms with E-state index < -0.39 is 0 Å². The van der Waals surface area contributed by atoms with Crippen molar-refractivity contribution < 1.29 is 4.79 Å². The Morgan fingerprint density at radius 3 is 2.00 bits per heavy atom. The molecule has 0 aliphatic carbocycles. The van der Waals surface area contributed by atoms with Crippen molar-refractivity contribution in [1.29, 1.82) is 0 Å². The number of benzene rings is 2. The molecule has 0 bridgehead atoms. The number of carbonyl (C=O) groups excluding carboxylic acids is 1. The molecule has 2 aromatic rings. The highest BCUT2D eigenvalue weighted by atomic mass is 16.1. The summed E-state index contributed by atoms with van der Waals surface area (Å²) in [5.41, 5.74) is 2.48. The highest BCUT2D eigenvalue weighted by molar-refractivity contribution is 6.09. The Morgan fingerprint density at radius 1 is 0.889 bits per heavy atom. The molecule has 92 valence electrons. The monoisotopic (exact) mass is 239 g/mol. The summed E-state index contributed by atoms with van der Waals surface area (Å²) in [6, 6.07) is 17.3. The quantitative estimate of drug-likeness (QED) is 0.823. The third-order valence-corrected chi connectivity index (χ3v) is 2.64. The van der Waals surface area contributed by atoms with E-state index in [0.29, 0.717) is 6.04 Å². The molecule has 1 N–H and O–H groups in total. The van der Waals surface area contributed by atoms with Crippen LogP contribution in [0.15, 0.2) is 54.6 Å². The molecule has 0 amide bonds. The maximum absolute atomic E-state index is 12.2. The molecule has 0 aliphatic rings. The van der Waals surface area contributed by atoms with E-state index in [-0.39, 0.29) is 5.78 Å². The van der Waals surface area contributed by atoms with Gasteiger partial charge in [0.25, 0.3) is 0 Å². The minimum absolute atomic E-state index is 0.0618. The molecule has 0 atom stereocenters. The second-order valence-corrected chi connectivity index (χ2v) is 4.57. The number of carbonyl (C=O) groups is 1. The first-order valence-electron chi connectivity index (χ1n) is 6.13. The van der Waals surface area contributed by atoms with Crippen molar-refractivity contribution in [2.24, 2.45) is 0 Å². The summed E-state index contributed by atoms with van der Waals surface area (Å²) in [6.07, 6.45) is 0. The highest BCUT2D eigenvalue weighted by Gasteiger charge is 2.07. The van der Waals surface area contributed by atoms with Gasteiger partial charge in [0.05, 0.1) is 0 Å². The van der Waals surface area contributed by atoms with Gasteiger partial charge in [-0.3, -0.25) is 4.79 Å². The predicted molar refractivity (Wildman–Crippen MR) is 75.1 cm³/mol. The van der Waals surface area contributed by atoms with Crippen molar-refractivity contribution >= 4 is 11.5 Å². The first-order valence-corrected chi connectivity index (χ1v) is 6.13. The maximum atomic E-state index is 12.2. The Balaban J connectivity index is 2.17. The van der Waals surface area contributed by atoms with Gasteiger partial charge in [0, 0.05) is 22.9 Å². The molecule has 0 fully saturated rings. The number of nitrogens with one attached hydrogen (secondary N) is 1. The third-order valence-electron chi connectivity index (χ3n) is 2.64. The summed E-state index contributed by atoms with van der Waals surface area (Å²) in [5, 5.41) is 3.30. The Morgan fingerprint density at radius 2 is 1.44 bits per heavy atom. The van der Waals surface area contributed by atoms with Crippen LogP contribution in [-0.4, -0.2) is 11.8 Å². The Kier molecular flexibility index (Phi) is 3.78. The molecule has 0 spiro atoms. The largest absolute Gasteiger partial charge is 0.383 e. The first-order chi connectivity index (χ1) is 8.66. The second-order valence-electron chi connectivity index (χ2n) is 4.57. The highest BCUT2D eigenvalue weighted by Crippen LogP contribution is 2.14. The van der Waals surface area contributed by atoms with E-state index >= 15 is 0 Å². The van der Waals surface area contributed by atoms with Crippen LogP contribution in [-0.2, 0) is 0 Å². The lowest BCUT2D eigenvalue weighted by Crippen LogP contribution is -2.09. The van der Waals surface area contributed by atoms with Crippen LogP contribution in [0.3, 0.4) is 0 Å². The molecule has 2 aromatic carbocycles. The summed E-state index contributed by atoms with van der Waals surface area (Å²) in [4.78, 5) is 12.2. The minimum atomic E-state index is 0.0618. The topological polar surface area (TPSA) is 29.1 Å². The molecular weight excluding hydrogens is 222 g/mol. The number of hydrogen-bond donors (Lipinski definition) is 1. The lowest BCUT2D eigenvalue weighted by atomic mass is 10.0. The molecule has 2 nitrogen and oxygen atoms in total. The van der Waals surface area contributed by atoms with E-state index in [1.807, 2.05) is 54.6 Å². The van der Waals surface area contributed by atoms with Crippen LogP contribution in [0, 0.1) is 0 Å². The number of anilines is 1. The Hall–Kier alpha value is -2.09. The average molecular weight is 239 g/mol. The van der Waals surface area contributed by atoms with Gasteiger partial charge >= 0.3 is 0 Å². The number of ketones is 1. The van der Waals surface area contributed by atoms with Gasteiger partial charge in [-0.2, -0.15) is 0 Å². The van der Waals surface area contributed by atoms with Crippen LogP contribution in [0.1, 0.15) is 29.8 Å². The van der Waals surface area contributed by atoms with Crippen molar-refractivity contribution in [1.82, 2.24) is 0 Å². The number of rotatable bonds is 4. The standard InChI is InChI=1S/C16H17NO/c1-12(2)17-15-10-8-14(9-11-15)16(18)13-6-4-3-5-7-13/h3-12,17H,1-2H3. The summed E-state index contributed by atoms with van der Waals surface area (Å²) in [7, 11) is 0. The SMILES string of the molecule is CC(C)Nc1ccc(C(=O)c2ccccc2)cc1. The maximum Gasteiger partial charge on any atom is 0.193 e. The van der Waals surface area contributed by atoms with E-state index in [2.05, 4.69) is 19.2 Å². The van der Waals surface area contributed by atoms with Crippen LogP contribution < -0.4 is 5.32 Å². The molecule has 0 radical (unpaired) electrons. The summed E-state index contributed by atoms with van der Waals surface area (Å²) in [6.45, 7) is 4.17. The molecule has 0 heterocycles. The van der Waals surface area contributed by atoms with Gasteiger partial charge in [-0.05, 0) is 38.1 Å². The minimum Gasteiger partial charge on any atom is -0.383 e. The fourth-order valence-corrected chi connectivity index (χ4v) is 1.81. The van der Waals surface area contributed by atoms with Gasteiger partial charge in [-0.15, -0.1) is 0 Å². The normalized spacial score (nSPS) is 10.4. The second kappa shape index (κ2) is 5.50. The van der Waals surface area contributed by atoms with Gasteiger partial charge in [0.1, 0.15) is 0 Å². The van der Waals surface area contributed by atoms with E-state index in [1.165, 1.54) is 0 Å². The Bertz CT molecular complexity index is 515. The zero-order valence-electron chi connectivity index (χ0n) is 10.7. The molecule has 0 aromatic heterocycles. The van der Waals surface area contributed by atoms with Gasteiger partial charge in [-0.1, -0.05) is 30.3 Å². The van der Waals surface area contributed by atoms with Crippen LogP contribution in [0.5, 0.6) is 0 Å². The molecule has 2 rings (SSSR count). The molecule has 0 saturated heterocycles. The lowest BCUT2D eigenvalue weighted by Gasteiger charge is -2.10. The van der Waals surface area contributed by atoms with Crippen LogP contribution >= 0.6 is 0 Å². The van der Waals surface area contributed by atoms with Crippen molar-refractivity contribution in [2.45, 2.75) is 19.9 Å².